The van der Waals surface area contributed by atoms with Crippen LogP contribution in [0.15, 0.2) is 108 Å². The molecule has 11 heteroatoms. The molecule has 0 radical (unpaired) electrons. The lowest BCUT2D eigenvalue weighted by Gasteiger charge is -2.33. The Morgan fingerprint density at radius 2 is 1.36 bits per heavy atom. The van der Waals surface area contributed by atoms with Gasteiger partial charge in [-0.1, -0.05) is 95.5 Å². The molecule has 4 rings (SSSR count). The molecule has 42 heavy (non-hydrogen) atoms. The third kappa shape index (κ3) is 7.83. The Morgan fingerprint density at radius 1 is 0.762 bits per heavy atom. The van der Waals surface area contributed by atoms with Crippen molar-refractivity contribution in [3.05, 3.63) is 129 Å². The highest BCUT2D eigenvalue weighted by atomic mass is 35.5. The van der Waals surface area contributed by atoms with Crippen molar-refractivity contribution >= 4 is 62.3 Å². The maximum absolute atomic E-state index is 14.3. The van der Waals surface area contributed by atoms with Gasteiger partial charge >= 0.3 is 0 Å². The number of anilines is 1. The number of halogens is 3. The summed E-state index contributed by atoms with van der Waals surface area (Å²) in [5, 5.41) is 3.50. The summed E-state index contributed by atoms with van der Waals surface area (Å²) in [6.45, 7) is -0.628. The van der Waals surface area contributed by atoms with Gasteiger partial charge in [0, 0.05) is 35.1 Å². The average molecular weight is 645 g/mol. The summed E-state index contributed by atoms with van der Waals surface area (Å²) in [6, 6.07) is 27.3. The Balaban J connectivity index is 1.81. The molecule has 2 amide bonds. The average Bonchev–Trinajstić information content (AvgIpc) is 2.97. The molecule has 0 saturated carbocycles. The van der Waals surface area contributed by atoms with Crippen LogP contribution < -0.4 is 9.62 Å². The van der Waals surface area contributed by atoms with E-state index in [-0.39, 0.29) is 33.6 Å². The number of nitrogens with zero attached hydrogens (tertiary/aromatic N) is 2. The number of rotatable bonds is 11. The van der Waals surface area contributed by atoms with E-state index in [9.17, 15) is 18.0 Å². The molecule has 0 fully saturated rings. The number of hydrogen-bond donors (Lipinski definition) is 1. The van der Waals surface area contributed by atoms with Crippen LogP contribution in [-0.4, -0.2) is 44.8 Å². The highest BCUT2D eigenvalue weighted by Gasteiger charge is 2.34. The number of nitrogens with one attached hydrogen (secondary N) is 1. The number of carbonyl (C=O) groups is 2. The molecule has 1 atom stereocenters. The normalized spacial score (nSPS) is 11.9. The minimum atomic E-state index is -4.26. The second-order valence-electron chi connectivity index (χ2n) is 9.42. The zero-order chi connectivity index (χ0) is 30.3. The fraction of sp³-hybridized carbons (Fsp3) is 0.161. The second-order valence-corrected chi connectivity index (χ2v) is 12.6. The summed E-state index contributed by atoms with van der Waals surface area (Å²) >= 11 is 18.7. The Bertz CT molecular complexity index is 1630. The lowest BCUT2D eigenvalue weighted by Crippen LogP contribution is -2.53. The zero-order valence-corrected chi connectivity index (χ0v) is 25.7. The highest BCUT2D eigenvalue weighted by Crippen LogP contribution is 2.30. The lowest BCUT2D eigenvalue weighted by atomic mass is 10.0. The van der Waals surface area contributed by atoms with Crippen molar-refractivity contribution in [3.63, 3.8) is 0 Å². The van der Waals surface area contributed by atoms with Gasteiger partial charge in [-0.05, 0) is 53.6 Å². The Labute approximate surface area is 260 Å². The van der Waals surface area contributed by atoms with Gasteiger partial charge in [0.25, 0.3) is 10.0 Å². The van der Waals surface area contributed by atoms with Crippen molar-refractivity contribution in [2.24, 2.45) is 0 Å². The Hall–Kier alpha value is -3.56. The minimum Gasteiger partial charge on any atom is -0.357 e. The number of hydrogen-bond acceptors (Lipinski definition) is 4. The van der Waals surface area contributed by atoms with Gasteiger partial charge in [-0.15, -0.1) is 0 Å². The van der Waals surface area contributed by atoms with E-state index in [4.69, 9.17) is 34.8 Å². The molecule has 0 heterocycles. The van der Waals surface area contributed by atoms with Crippen molar-refractivity contribution in [2.75, 3.05) is 17.9 Å². The molecular formula is C31H28Cl3N3O4S. The smallest absolute Gasteiger partial charge is 0.264 e. The SMILES string of the molecule is CNC(=O)[C@H](Cc1ccccc1)N(Cc1cccc(Cl)c1)C(=O)CN(c1cc(Cl)cc(Cl)c1)S(=O)(=O)c1ccccc1. The van der Waals surface area contributed by atoms with Crippen molar-refractivity contribution in [1.29, 1.82) is 0 Å². The van der Waals surface area contributed by atoms with E-state index in [2.05, 4.69) is 5.32 Å². The number of likely N-dealkylation sites (N-methyl/N-ethyl adjacent to an activating group) is 1. The quantitative estimate of drug-likeness (QED) is 0.210. The monoisotopic (exact) mass is 643 g/mol. The third-order valence-corrected chi connectivity index (χ3v) is 8.96. The zero-order valence-electron chi connectivity index (χ0n) is 22.6. The molecule has 4 aromatic carbocycles. The summed E-state index contributed by atoms with van der Waals surface area (Å²) < 4.78 is 28.8. The minimum absolute atomic E-state index is 0.000159. The van der Waals surface area contributed by atoms with Gasteiger partial charge in [-0.25, -0.2) is 8.42 Å². The van der Waals surface area contributed by atoms with Gasteiger partial charge in [0.2, 0.25) is 11.8 Å². The molecule has 0 aromatic heterocycles. The van der Waals surface area contributed by atoms with Crippen LogP contribution in [0.5, 0.6) is 0 Å². The van der Waals surface area contributed by atoms with Crippen LogP contribution in [0.1, 0.15) is 11.1 Å². The van der Waals surface area contributed by atoms with Crippen LogP contribution in [0.4, 0.5) is 5.69 Å². The number of benzene rings is 4. The van der Waals surface area contributed by atoms with Crippen LogP contribution in [0.25, 0.3) is 0 Å². The van der Waals surface area contributed by atoms with E-state index in [1.54, 1.807) is 42.5 Å². The number of sulfonamides is 1. The van der Waals surface area contributed by atoms with Gasteiger partial charge in [-0.2, -0.15) is 0 Å². The molecule has 0 spiro atoms. The maximum Gasteiger partial charge on any atom is 0.264 e. The Morgan fingerprint density at radius 3 is 1.95 bits per heavy atom. The van der Waals surface area contributed by atoms with Crippen LogP contribution >= 0.6 is 34.8 Å². The topological polar surface area (TPSA) is 86.8 Å². The van der Waals surface area contributed by atoms with E-state index in [1.807, 2.05) is 30.3 Å². The van der Waals surface area contributed by atoms with Crippen molar-refractivity contribution in [3.8, 4) is 0 Å². The molecule has 0 aliphatic carbocycles. The molecule has 218 valence electrons. The first-order valence-corrected chi connectivity index (χ1v) is 15.5. The fourth-order valence-corrected chi connectivity index (χ4v) is 6.63. The molecule has 4 aromatic rings. The molecule has 1 N–H and O–H groups in total. The predicted molar refractivity (Wildman–Crippen MR) is 167 cm³/mol. The molecule has 0 aliphatic rings. The summed E-state index contributed by atoms with van der Waals surface area (Å²) in [5.41, 5.74) is 1.60. The second kappa shape index (κ2) is 14.1. The van der Waals surface area contributed by atoms with Crippen LogP contribution in [0.2, 0.25) is 15.1 Å². The molecule has 0 bridgehead atoms. The molecule has 0 aliphatic heterocycles. The summed E-state index contributed by atoms with van der Waals surface area (Å²) in [7, 11) is -2.77. The maximum atomic E-state index is 14.3. The molecular weight excluding hydrogens is 617 g/mol. The van der Waals surface area contributed by atoms with Crippen LogP contribution in [0, 0.1) is 0 Å². The molecule has 0 unspecified atom stereocenters. The first kappa shape index (κ1) is 31.4. The standard InChI is InChI=1S/C31H28Cl3N3O4S/c1-35-31(39)29(16-22-9-4-2-5-10-22)36(20-23-11-8-12-24(32)15-23)30(38)21-37(27-18-25(33)17-26(34)19-27)42(40,41)28-13-6-3-7-14-28/h2-15,17-19,29H,16,20-21H2,1H3,(H,35,39)/t29-/m0/s1. The molecule has 0 saturated heterocycles. The lowest BCUT2D eigenvalue weighted by molar-refractivity contribution is -0.139. The van der Waals surface area contributed by atoms with E-state index in [1.165, 1.54) is 42.3 Å². The third-order valence-electron chi connectivity index (χ3n) is 6.50. The number of carbonyl (C=O) groups excluding carboxylic acids is 2. The van der Waals surface area contributed by atoms with Gasteiger partial charge in [-0.3, -0.25) is 13.9 Å². The van der Waals surface area contributed by atoms with E-state index in [0.717, 1.165) is 9.87 Å². The van der Waals surface area contributed by atoms with E-state index < -0.39 is 34.4 Å². The summed E-state index contributed by atoms with van der Waals surface area (Å²) in [4.78, 5) is 28.9. The van der Waals surface area contributed by atoms with E-state index in [0.29, 0.717) is 10.6 Å². The van der Waals surface area contributed by atoms with Crippen molar-refractivity contribution in [2.45, 2.75) is 23.9 Å². The van der Waals surface area contributed by atoms with Gasteiger partial charge < -0.3 is 10.2 Å². The van der Waals surface area contributed by atoms with E-state index >= 15 is 0 Å². The van der Waals surface area contributed by atoms with Crippen LogP contribution in [-0.2, 0) is 32.6 Å². The first-order valence-electron chi connectivity index (χ1n) is 12.9. The predicted octanol–water partition coefficient (Wildman–Crippen LogP) is 6.23. The fourth-order valence-electron chi connectivity index (χ4n) is 4.48. The molecule has 7 nitrogen and oxygen atoms in total. The Kier molecular flexibility index (Phi) is 10.5. The van der Waals surface area contributed by atoms with Crippen molar-refractivity contribution < 1.29 is 18.0 Å². The largest absolute Gasteiger partial charge is 0.357 e. The first-order chi connectivity index (χ1) is 20.1. The summed E-state index contributed by atoms with van der Waals surface area (Å²) in [6.07, 6.45) is 0.196. The van der Waals surface area contributed by atoms with Crippen LogP contribution in [0.3, 0.4) is 0 Å². The highest BCUT2D eigenvalue weighted by molar-refractivity contribution is 7.92. The van der Waals surface area contributed by atoms with Gasteiger partial charge in [0.15, 0.2) is 0 Å². The van der Waals surface area contributed by atoms with Gasteiger partial charge in [0.05, 0.1) is 10.6 Å². The van der Waals surface area contributed by atoms with Crippen molar-refractivity contribution in [1.82, 2.24) is 10.2 Å². The number of amides is 2. The summed E-state index contributed by atoms with van der Waals surface area (Å²) in [5.74, 6) is -1.02. The van der Waals surface area contributed by atoms with Gasteiger partial charge in [0.1, 0.15) is 12.6 Å².